The number of carbonyl (C=O) groups is 2. The maximum atomic E-state index is 11.3. The molecule has 0 aliphatic heterocycles. The zero-order chi connectivity index (χ0) is 11.3. The molecule has 5 heteroatoms. The van der Waals surface area contributed by atoms with E-state index in [1.54, 1.807) is 0 Å². The predicted molar refractivity (Wildman–Crippen MR) is 51.3 cm³/mol. The minimum absolute atomic E-state index is 0. The second-order valence-electron chi connectivity index (χ2n) is 2.76. The van der Waals surface area contributed by atoms with Gasteiger partial charge in [0.15, 0.2) is 0 Å². The Bertz CT molecular complexity index is 401. The van der Waals surface area contributed by atoms with E-state index in [-0.39, 0.29) is 47.3 Å². The molecular weight excluding hydrogens is 219 g/mol. The summed E-state index contributed by atoms with van der Waals surface area (Å²) in [6.07, 6.45) is 1.43. The molecule has 16 heavy (non-hydrogen) atoms. The van der Waals surface area contributed by atoms with Crippen molar-refractivity contribution in [2.45, 2.75) is 0 Å². The number of hydrogen-bond donors (Lipinski definition) is 0. The Balaban J connectivity index is 0.00000225. The van der Waals surface area contributed by atoms with Crippen LogP contribution in [-0.2, 0) is 4.74 Å². The molecule has 0 N–H and O–H groups in total. The smallest absolute Gasteiger partial charge is 0.545 e. The zero-order valence-corrected chi connectivity index (χ0v) is 10.9. The summed E-state index contributed by atoms with van der Waals surface area (Å²) in [4.78, 5) is 21.8. The average molecular weight is 228 g/mol. The van der Waals surface area contributed by atoms with Gasteiger partial charge in [-0.05, 0) is 17.7 Å². The standard InChI is InChI=1S/C11H10O4.Na/c1-2-6-15-11(14)9-5-3-4-8(7-9)10(12)13;/h2-5,7H,1,6H2,(H,12,13);/q;+1/p-1. The molecule has 0 spiro atoms. The fourth-order valence-corrected chi connectivity index (χ4v) is 0.991. The van der Waals surface area contributed by atoms with Gasteiger partial charge in [0, 0.05) is 0 Å². The van der Waals surface area contributed by atoms with Gasteiger partial charge in [-0.1, -0.05) is 24.8 Å². The first-order valence-electron chi connectivity index (χ1n) is 4.24. The molecule has 78 valence electrons. The second kappa shape index (κ2) is 7.22. The van der Waals surface area contributed by atoms with Crippen LogP contribution in [0.1, 0.15) is 20.7 Å². The topological polar surface area (TPSA) is 66.4 Å². The van der Waals surface area contributed by atoms with Crippen LogP contribution in [0.4, 0.5) is 0 Å². The summed E-state index contributed by atoms with van der Waals surface area (Å²) >= 11 is 0. The van der Waals surface area contributed by atoms with Crippen LogP contribution in [0.3, 0.4) is 0 Å². The van der Waals surface area contributed by atoms with Crippen molar-refractivity contribution >= 4 is 11.9 Å². The third-order valence-corrected chi connectivity index (χ3v) is 1.67. The fraction of sp³-hybridized carbons (Fsp3) is 0.0909. The van der Waals surface area contributed by atoms with E-state index in [0.717, 1.165) is 0 Å². The predicted octanol–water partition coefficient (Wildman–Crippen LogP) is -2.60. The second-order valence-corrected chi connectivity index (χ2v) is 2.76. The van der Waals surface area contributed by atoms with E-state index in [1.807, 2.05) is 0 Å². The van der Waals surface area contributed by atoms with Crippen molar-refractivity contribution in [3.8, 4) is 0 Å². The molecule has 0 radical (unpaired) electrons. The minimum Gasteiger partial charge on any atom is -0.545 e. The van der Waals surface area contributed by atoms with Crippen molar-refractivity contribution in [3.05, 3.63) is 48.0 Å². The Morgan fingerprint density at radius 1 is 1.38 bits per heavy atom. The molecule has 1 aromatic carbocycles. The van der Waals surface area contributed by atoms with Crippen LogP contribution in [-0.4, -0.2) is 18.5 Å². The number of aromatic carboxylic acids is 1. The largest absolute Gasteiger partial charge is 1.00 e. The number of carbonyl (C=O) groups excluding carboxylic acids is 2. The Kier molecular flexibility index (Phi) is 6.72. The summed E-state index contributed by atoms with van der Waals surface area (Å²) in [5.41, 5.74) is 0.126. The molecule has 1 aromatic rings. The van der Waals surface area contributed by atoms with Crippen LogP contribution in [0.25, 0.3) is 0 Å². The van der Waals surface area contributed by atoms with Crippen molar-refractivity contribution in [2.75, 3.05) is 6.61 Å². The van der Waals surface area contributed by atoms with Crippen LogP contribution >= 0.6 is 0 Å². The van der Waals surface area contributed by atoms with E-state index in [4.69, 9.17) is 4.74 Å². The average Bonchev–Trinajstić information content (AvgIpc) is 2.26. The number of benzene rings is 1. The van der Waals surface area contributed by atoms with E-state index in [1.165, 1.54) is 30.3 Å². The number of esters is 1. The van der Waals surface area contributed by atoms with Gasteiger partial charge in [-0.2, -0.15) is 0 Å². The number of carboxylic acids is 1. The van der Waals surface area contributed by atoms with E-state index in [2.05, 4.69) is 6.58 Å². The van der Waals surface area contributed by atoms with Gasteiger partial charge in [-0.3, -0.25) is 0 Å². The van der Waals surface area contributed by atoms with Gasteiger partial charge in [0.2, 0.25) is 0 Å². The monoisotopic (exact) mass is 228 g/mol. The molecule has 0 unspecified atom stereocenters. The van der Waals surface area contributed by atoms with Crippen molar-refractivity contribution < 1.29 is 49.0 Å². The van der Waals surface area contributed by atoms with E-state index in [0.29, 0.717) is 0 Å². The molecule has 0 aromatic heterocycles. The maximum absolute atomic E-state index is 11.3. The normalized spacial score (nSPS) is 8.75. The van der Waals surface area contributed by atoms with Gasteiger partial charge < -0.3 is 14.6 Å². The van der Waals surface area contributed by atoms with Gasteiger partial charge in [0.05, 0.1) is 11.5 Å². The Labute approximate surface area is 115 Å². The van der Waals surface area contributed by atoms with Crippen molar-refractivity contribution in [1.29, 1.82) is 0 Å². The molecule has 1 rings (SSSR count). The Hall–Kier alpha value is -1.10. The van der Waals surface area contributed by atoms with Gasteiger partial charge in [-0.25, -0.2) is 4.79 Å². The first kappa shape index (κ1) is 14.9. The van der Waals surface area contributed by atoms with Gasteiger partial charge in [-0.15, -0.1) is 0 Å². The van der Waals surface area contributed by atoms with Gasteiger partial charge in [0.1, 0.15) is 6.61 Å². The van der Waals surface area contributed by atoms with Gasteiger partial charge >= 0.3 is 35.5 Å². The maximum Gasteiger partial charge on any atom is 1.00 e. The van der Waals surface area contributed by atoms with Crippen LogP contribution in [0.2, 0.25) is 0 Å². The molecule has 0 heterocycles. The molecule has 0 amide bonds. The van der Waals surface area contributed by atoms with E-state index < -0.39 is 11.9 Å². The summed E-state index contributed by atoms with van der Waals surface area (Å²) in [5.74, 6) is -1.91. The molecular formula is C11H9NaO4. The van der Waals surface area contributed by atoms with Crippen molar-refractivity contribution in [3.63, 3.8) is 0 Å². The molecule has 0 atom stereocenters. The zero-order valence-electron chi connectivity index (χ0n) is 8.93. The summed E-state index contributed by atoms with van der Waals surface area (Å²) in [7, 11) is 0. The number of rotatable bonds is 4. The quantitative estimate of drug-likeness (QED) is 0.322. The SMILES string of the molecule is C=CCOC(=O)c1cccc(C(=O)[O-])c1.[Na+]. The van der Waals surface area contributed by atoms with Crippen molar-refractivity contribution in [1.82, 2.24) is 0 Å². The molecule has 0 aliphatic rings. The van der Waals surface area contributed by atoms with Crippen LogP contribution in [0.5, 0.6) is 0 Å². The van der Waals surface area contributed by atoms with E-state index in [9.17, 15) is 14.7 Å². The third kappa shape index (κ3) is 4.18. The number of ether oxygens (including phenoxy) is 1. The van der Waals surface area contributed by atoms with Gasteiger partial charge in [0.25, 0.3) is 0 Å². The summed E-state index contributed by atoms with van der Waals surface area (Å²) < 4.78 is 4.74. The van der Waals surface area contributed by atoms with Crippen LogP contribution in [0, 0.1) is 0 Å². The summed E-state index contributed by atoms with van der Waals surface area (Å²) in [5, 5.41) is 10.5. The first-order chi connectivity index (χ1) is 7.15. The molecule has 0 saturated carbocycles. The molecule has 0 saturated heterocycles. The Morgan fingerprint density at radius 2 is 2.00 bits per heavy atom. The fourth-order valence-electron chi connectivity index (χ4n) is 0.991. The molecule has 0 fully saturated rings. The number of carboxylic acid groups (broad SMARTS) is 1. The molecule has 0 aliphatic carbocycles. The molecule has 4 nitrogen and oxygen atoms in total. The van der Waals surface area contributed by atoms with Crippen molar-refractivity contribution in [2.24, 2.45) is 0 Å². The summed E-state index contributed by atoms with van der Waals surface area (Å²) in [6.45, 7) is 3.48. The van der Waals surface area contributed by atoms with Crippen LogP contribution in [0.15, 0.2) is 36.9 Å². The minimum atomic E-state index is -1.33. The molecule has 0 bridgehead atoms. The Morgan fingerprint density at radius 3 is 2.56 bits per heavy atom. The third-order valence-electron chi connectivity index (χ3n) is 1.67. The first-order valence-corrected chi connectivity index (χ1v) is 4.24. The van der Waals surface area contributed by atoms with E-state index >= 15 is 0 Å². The summed E-state index contributed by atoms with van der Waals surface area (Å²) in [6, 6.07) is 5.48. The number of hydrogen-bond acceptors (Lipinski definition) is 4. The van der Waals surface area contributed by atoms with Crippen LogP contribution < -0.4 is 34.7 Å².